The molecule has 3 N–H and O–H groups in total. The number of aliphatic carboxylic acids is 1. The van der Waals surface area contributed by atoms with E-state index in [1.807, 2.05) is 17.8 Å². The number of thiophene rings is 1. The number of carboxylic acid groups (broad SMARTS) is 1. The first kappa shape index (κ1) is 15.0. The van der Waals surface area contributed by atoms with Crippen LogP contribution < -0.4 is 10.6 Å². The highest BCUT2D eigenvalue weighted by Gasteiger charge is 2.22. The zero-order chi connectivity index (χ0) is 15.2. The number of aryl methyl sites for hydroxylation is 1. The van der Waals surface area contributed by atoms with E-state index in [-0.39, 0.29) is 0 Å². The van der Waals surface area contributed by atoms with Gasteiger partial charge < -0.3 is 20.3 Å². The van der Waals surface area contributed by atoms with Crippen molar-refractivity contribution in [1.29, 1.82) is 0 Å². The summed E-state index contributed by atoms with van der Waals surface area (Å²) in [4.78, 5) is 27.7. The zero-order valence-electron chi connectivity index (χ0n) is 11.4. The Morgan fingerprint density at radius 3 is 2.90 bits per heavy atom. The zero-order valence-corrected chi connectivity index (χ0v) is 12.3. The fourth-order valence-electron chi connectivity index (χ4n) is 1.82. The second-order valence-corrected chi connectivity index (χ2v) is 5.37. The van der Waals surface area contributed by atoms with Crippen LogP contribution >= 0.6 is 11.3 Å². The highest BCUT2D eigenvalue weighted by atomic mass is 32.1. The lowest BCUT2D eigenvalue weighted by Gasteiger charge is -2.13. The number of carbonyl (C=O) groups excluding carboxylic acids is 1. The molecule has 0 aliphatic carbocycles. The molecule has 2 amide bonds. The van der Waals surface area contributed by atoms with Gasteiger partial charge in [0.1, 0.15) is 5.82 Å². The average Bonchev–Trinajstić information content (AvgIpc) is 3.08. The van der Waals surface area contributed by atoms with Crippen LogP contribution in [-0.4, -0.2) is 33.2 Å². The highest BCUT2D eigenvalue weighted by molar-refractivity contribution is 7.10. The Labute approximate surface area is 125 Å². The van der Waals surface area contributed by atoms with Crippen LogP contribution in [0.1, 0.15) is 16.7 Å². The molecule has 0 spiro atoms. The molecule has 0 fully saturated rings. The summed E-state index contributed by atoms with van der Waals surface area (Å²) < 4.78 is 1.87. The summed E-state index contributed by atoms with van der Waals surface area (Å²) in [7, 11) is 1.87. The summed E-state index contributed by atoms with van der Waals surface area (Å²) >= 11 is 1.29. The molecule has 0 bridgehead atoms. The predicted octanol–water partition coefficient (Wildman–Crippen LogP) is 1.15. The van der Waals surface area contributed by atoms with Crippen LogP contribution in [-0.2, 0) is 18.3 Å². The van der Waals surface area contributed by atoms with Gasteiger partial charge in [0, 0.05) is 37.3 Å². The largest absolute Gasteiger partial charge is 0.479 e. The van der Waals surface area contributed by atoms with E-state index in [1.165, 1.54) is 11.3 Å². The number of hydrogen-bond donors (Lipinski definition) is 3. The molecule has 8 heteroatoms. The van der Waals surface area contributed by atoms with Crippen LogP contribution in [0.5, 0.6) is 0 Å². The lowest BCUT2D eigenvalue weighted by atomic mass is 10.2. The van der Waals surface area contributed by atoms with E-state index in [1.54, 1.807) is 23.7 Å². The minimum absolute atomic E-state index is 0.382. The minimum atomic E-state index is -1.09. The van der Waals surface area contributed by atoms with E-state index in [0.29, 0.717) is 17.8 Å². The van der Waals surface area contributed by atoms with Gasteiger partial charge in [-0.25, -0.2) is 14.6 Å². The third-order valence-corrected chi connectivity index (χ3v) is 3.84. The van der Waals surface area contributed by atoms with Gasteiger partial charge in [0.15, 0.2) is 6.04 Å². The molecule has 2 rings (SSSR count). The standard InChI is InChI=1S/C13H16N4O3S/c1-17-7-6-14-10(17)4-5-15-13(20)16-11(12(18)19)9-3-2-8-21-9/h2-3,6-8,11H,4-5H2,1H3,(H,18,19)(H2,15,16,20). The second kappa shape index (κ2) is 6.89. The van der Waals surface area contributed by atoms with Crippen molar-refractivity contribution in [2.24, 2.45) is 7.05 Å². The number of hydrogen-bond acceptors (Lipinski definition) is 4. The van der Waals surface area contributed by atoms with Gasteiger partial charge in [0.2, 0.25) is 0 Å². The number of nitrogens with zero attached hydrogens (tertiary/aromatic N) is 2. The second-order valence-electron chi connectivity index (χ2n) is 4.39. The fraction of sp³-hybridized carbons (Fsp3) is 0.308. The summed E-state index contributed by atoms with van der Waals surface area (Å²) in [6.45, 7) is 0.382. The molecular formula is C13H16N4O3S. The molecule has 0 aromatic carbocycles. The van der Waals surface area contributed by atoms with Gasteiger partial charge in [-0.3, -0.25) is 0 Å². The molecule has 0 aliphatic rings. The Hall–Kier alpha value is -2.35. The van der Waals surface area contributed by atoms with Crippen LogP contribution in [0.15, 0.2) is 29.9 Å². The molecule has 0 saturated heterocycles. The van der Waals surface area contributed by atoms with Gasteiger partial charge in [-0.05, 0) is 11.4 Å². The maximum atomic E-state index is 11.8. The van der Waals surface area contributed by atoms with Crippen LogP contribution in [0.4, 0.5) is 4.79 Å². The van der Waals surface area contributed by atoms with Crippen LogP contribution in [0, 0.1) is 0 Å². The number of nitrogens with one attached hydrogen (secondary N) is 2. The third-order valence-electron chi connectivity index (χ3n) is 2.91. The number of urea groups is 1. The molecular weight excluding hydrogens is 292 g/mol. The molecule has 2 aromatic heterocycles. The van der Waals surface area contributed by atoms with Crippen LogP contribution in [0.2, 0.25) is 0 Å². The summed E-state index contributed by atoms with van der Waals surface area (Å²) in [5, 5.41) is 16.0. The van der Waals surface area contributed by atoms with Crippen LogP contribution in [0.3, 0.4) is 0 Å². The molecule has 0 saturated carbocycles. The Balaban J connectivity index is 1.83. The van der Waals surface area contributed by atoms with Gasteiger partial charge in [-0.15, -0.1) is 11.3 Å². The molecule has 0 radical (unpaired) electrons. The number of imidazole rings is 1. The van der Waals surface area contributed by atoms with E-state index in [0.717, 1.165) is 5.82 Å². The lowest BCUT2D eigenvalue weighted by molar-refractivity contribution is -0.139. The summed E-state index contributed by atoms with van der Waals surface area (Å²) in [6.07, 6.45) is 4.09. The molecule has 112 valence electrons. The normalized spacial score (nSPS) is 11.9. The minimum Gasteiger partial charge on any atom is -0.479 e. The molecule has 2 aromatic rings. The summed E-state index contributed by atoms with van der Waals surface area (Å²) in [5.41, 5.74) is 0. The van der Waals surface area contributed by atoms with E-state index in [4.69, 9.17) is 5.11 Å². The van der Waals surface area contributed by atoms with Crippen molar-refractivity contribution < 1.29 is 14.7 Å². The summed E-state index contributed by atoms with van der Waals surface area (Å²) in [5.74, 6) is -0.236. The summed E-state index contributed by atoms with van der Waals surface area (Å²) in [6, 6.07) is 1.89. The maximum absolute atomic E-state index is 11.8. The predicted molar refractivity (Wildman–Crippen MR) is 78.1 cm³/mol. The number of rotatable bonds is 6. The first-order valence-electron chi connectivity index (χ1n) is 6.34. The van der Waals surface area contributed by atoms with Gasteiger partial charge in [0.25, 0.3) is 0 Å². The fourth-order valence-corrected chi connectivity index (χ4v) is 2.58. The topological polar surface area (TPSA) is 96.3 Å². The SMILES string of the molecule is Cn1ccnc1CCNC(=O)NC(C(=O)O)c1cccs1. The van der Waals surface area contributed by atoms with Gasteiger partial charge in [0.05, 0.1) is 0 Å². The van der Waals surface area contributed by atoms with E-state index in [2.05, 4.69) is 15.6 Å². The molecule has 1 atom stereocenters. The Morgan fingerprint density at radius 1 is 1.52 bits per heavy atom. The molecule has 21 heavy (non-hydrogen) atoms. The lowest BCUT2D eigenvalue weighted by Crippen LogP contribution is -2.41. The number of carboxylic acids is 1. The van der Waals surface area contributed by atoms with Crippen molar-refractivity contribution in [3.05, 3.63) is 40.6 Å². The maximum Gasteiger partial charge on any atom is 0.331 e. The van der Waals surface area contributed by atoms with E-state index >= 15 is 0 Å². The van der Waals surface area contributed by atoms with E-state index in [9.17, 15) is 9.59 Å². The van der Waals surface area contributed by atoms with Crippen LogP contribution in [0.25, 0.3) is 0 Å². The molecule has 7 nitrogen and oxygen atoms in total. The van der Waals surface area contributed by atoms with Crippen molar-refractivity contribution in [3.63, 3.8) is 0 Å². The Bertz CT molecular complexity index is 609. The molecule has 2 heterocycles. The first-order valence-corrected chi connectivity index (χ1v) is 7.22. The quantitative estimate of drug-likeness (QED) is 0.746. The molecule has 0 aliphatic heterocycles. The number of carbonyl (C=O) groups is 2. The van der Waals surface area contributed by atoms with Crippen molar-refractivity contribution in [2.75, 3.05) is 6.54 Å². The number of amides is 2. The van der Waals surface area contributed by atoms with Gasteiger partial charge in [-0.1, -0.05) is 6.07 Å². The van der Waals surface area contributed by atoms with Gasteiger partial charge >= 0.3 is 12.0 Å². The monoisotopic (exact) mass is 308 g/mol. The van der Waals surface area contributed by atoms with Crippen molar-refractivity contribution in [3.8, 4) is 0 Å². The average molecular weight is 308 g/mol. The van der Waals surface area contributed by atoms with Gasteiger partial charge in [-0.2, -0.15) is 0 Å². The van der Waals surface area contributed by atoms with E-state index < -0.39 is 18.0 Å². The Morgan fingerprint density at radius 2 is 2.33 bits per heavy atom. The smallest absolute Gasteiger partial charge is 0.331 e. The molecule has 1 unspecified atom stereocenters. The number of aromatic nitrogens is 2. The first-order chi connectivity index (χ1) is 10.1. The van der Waals surface area contributed by atoms with Crippen molar-refractivity contribution in [1.82, 2.24) is 20.2 Å². The van der Waals surface area contributed by atoms with Crippen molar-refractivity contribution >= 4 is 23.3 Å². The Kier molecular flexibility index (Phi) is 4.94. The van der Waals surface area contributed by atoms with Crippen molar-refractivity contribution in [2.45, 2.75) is 12.5 Å². The highest BCUT2D eigenvalue weighted by Crippen LogP contribution is 2.18. The third kappa shape index (κ3) is 4.06.